The van der Waals surface area contributed by atoms with Gasteiger partial charge in [-0.15, -0.1) is 0 Å². The van der Waals surface area contributed by atoms with Gasteiger partial charge in [-0.05, 0) is 40.6 Å². The molecule has 0 aromatic carbocycles. The van der Waals surface area contributed by atoms with E-state index in [1.165, 1.54) is 12.4 Å². The number of nitro groups is 1. The van der Waals surface area contributed by atoms with Gasteiger partial charge in [-0.2, -0.15) is 0 Å². The van der Waals surface area contributed by atoms with Crippen LogP contribution in [0.5, 0.6) is 0 Å². The Kier molecular flexibility index (Phi) is 4.71. The van der Waals surface area contributed by atoms with Crippen LogP contribution < -0.4 is 5.32 Å². The molecule has 0 spiro atoms. The Balaban J connectivity index is 2.09. The molecule has 1 aliphatic carbocycles. The Hall–Kier alpha value is -1.21. The van der Waals surface area contributed by atoms with Crippen LogP contribution in [0.4, 0.5) is 11.4 Å². The molecule has 104 valence electrons. The number of nitrogens with zero attached hydrogens (tertiary/aromatic N) is 2. The van der Waals surface area contributed by atoms with Gasteiger partial charge in [0.15, 0.2) is 0 Å². The summed E-state index contributed by atoms with van der Waals surface area (Å²) in [6.45, 7) is 0.820. The quantitative estimate of drug-likeness (QED) is 0.640. The molecular formula is C12H16BrN3O3. The maximum atomic E-state index is 11.0. The SMILES string of the molecule is O=[N+]([O-])c1cncc(Br)c1NCC1CCCC1CO. The molecule has 0 bridgehead atoms. The number of hydrogen-bond donors (Lipinski definition) is 2. The van der Waals surface area contributed by atoms with Crippen molar-refractivity contribution < 1.29 is 10.0 Å². The molecule has 1 aromatic heterocycles. The zero-order valence-corrected chi connectivity index (χ0v) is 12.0. The van der Waals surface area contributed by atoms with Crippen molar-refractivity contribution in [3.8, 4) is 0 Å². The molecule has 1 aliphatic rings. The van der Waals surface area contributed by atoms with E-state index in [1.54, 1.807) is 0 Å². The predicted octanol–water partition coefficient (Wildman–Crippen LogP) is 2.57. The number of halogens is 1. The third-order valence-electron chi connectivity index (χ3n) is 3.67. The summed E-state index contributed by atoms with van der Waals surface area (Å²) in [5.74, 6) is 0.664. The lowest BCUT2D eigenvalue weighted by Crippen LogP contribution is -2.21. The predicted molar refractivity (Wildman–Crippen MR) is 75.0 cm³/mol. The number of hydrogen-bond acceptors (Lipinski definition) is 5. The van der Waals surface area contributed by atoms with Crippen molar-refractivity contribution in [1.29, 1.82) is 0 Å². The Morgan fingerprint density at radius 2 is 2.21 bits per heavy atom. The van der Waals surface area contributed by atoms with E-state index in [2.05, 4.69) is 26.2 Å². The first-order chi connectivity index (χ1) is 9.13. The van der Waals surface area contributed by atoms with Crippen LogP contribution in [0.3, 0.4) is 0 Å². The molecule has 2 atom stereocenters. The summed E-state index contributed by atoms with van der Waals surface area (Å²) in [6, 6.07) is 0. The summed E-state index contributed by atoms with van der Waals surface area (Å²) in [7, 11) is 0. The highest BCUT2D eigenvalue weighted by atomic mass is 79.9. The number of aromatic nitrogens is 1. The molecule has 1 heterocycles. The minimum Gasteiger partial charge on any atom is -0.396 e. The molecule has 0 amide bonds. The zero-order chi connectivity index (χ0) is 13.8. The highest BCUT2D eigenvalue weighted by molar-refractivity contribution is 9.10. The lowest BCUT2D eigenvalue weighted by molar-refractivity contribution is -0.384. The molecule has 2 N–H and O–H groups in total. The first kappa shape index (κ1) is 14.2. The second-order valence-corrected chi connectivity index (χ2v) is 5.64. The molecule has 0 saturated heterocycles. The third-order valence-corrected chi connectivity index (χ3v) is 4.27. The molecular weight excluding hydrogens is 314 g/mol. The van der Waals surface area contributed by atoms with E-state index in [4.69, 9.17) is 0 Å². The molecule has 19 heavy (non-hydrogen) atoms. The molecule has 1 aromatic rings. The fourth-order valence-corrected chi connectivity index (χ4v) is 3.06. The van der Waals surface area contributed by atoms with Gasteiger partial charge in [0.2, 0.25) is 0 Å². The molecule has 1 saturated carbocycles. The van der Waals surface area contributed by atoms with E-state index < -0.39 is 4.92 Å². The smallest absolute Gasteiger partial charge is 0.311 e. The van der Waals surface area contributed by atoms with Gasteiger partial charge in [0.25, 0.3) is 0 Å². The topological polar surface area (TPSA) is 88.3 Å². The van der Waals surface area contributed by atoms with E-state index in [0.29, 0.717) is 28.5 Å². The highest BCUT2D eigenvalue weighted by Gasteiger charge is 2.27. The normalized spacial score (nSPS) is 22.4. The van der Waals surface area contributed by atoms with Crippen molar-refractivity contribution in [1.82, 2.24) is 4.98 Å². The van der Waals surface area contributed by atoms with E-state index in [1.807, 2.05) is 0 Å². The molecule has 2 rings (SSSR count). The van der Waals surface area contributed by atoms with Crippen molar-refractivity contribution >= 4 is 27.3 Å². The molecule has 0 aliphatic heterocycles. The Bertz CT molecular complexity index is 470. The van der Waals surface area contributed by atoms with Crippen molar-refractivity contribution in [2.75, 3.05) is 18.5 Å². The lowest BCUT2D eigenvalue weighted by Gasteiger charge is -2.18. The number of aliphatic hydroxyl groups excluding tert-OH is 1. The Labute approximate surface area is 119 Å². The lowest BCUT2D eigenvalue weighted by atomic mass is 9.97. The molecule has 6 nitrogen and oxygen atoms in total. The Morgan fingerprint density at radius 1 is 1.47 bits per heavy atom. The number of aliphatic hydroxyl groups is 1. The van der Waals surface area contributed by atoms with Crippen molar-refractivity contribution in [2.45, 2.75) is 19.3 Å². The number of pyridine rings is 1. The van der Waals surface area contributed by atoms with Gasteiger partial charge in [-0.25, -0.2) is 0 Å². The van der Waals surface area contributed by atoms with Gasteiger partial charge < -0.3 is 10.4 Å². The molecule has 7 heteroatoms. The van der Waals surface area contributed by atoms with Crippen molar-refractivity contribution in [2.24, 2.45) is 11.8 Å². The summed E-state index contributed by atoms with van der Waals surface area (Å²) in [5.41, 5.74) is 0.427. The Morgan fingerprint density at radius 3 is 2.89 bits per heavy atom. The van der Waals surface area contributed by atoms with Gasteiger partial charge in [0, 0.05) is 19.3 Å². The summed E-state index contributed by atoms with van der Waals surface area (Å²) in [5, 5.41) is 23.4. The number of rotatable bonds is 5. The van der Waals surface area contributed by atoms with Crippen LogP contribution in [0.15, 0.2) is 16.9 Å². The summed E-state index contributed by atoms with van der Waals surface area (Å²) in [4.78, 5) is 14.3. The van der Waals surface area contributed by atoms with E-state index in [9.17, 15) is 15.2 Å². The van der Waals surface area contributed by atoms with Gasteiger partial charge in [-0.1, -0.05) is 6.42 Å². The standard InChI is InChI=1S/C12H16BrN3O3/c13-10-5-14-6-11(16(18)19)12(10)15-4-8-2-1-3-9(8)7-17/h5-6,8-9,17H,1-4,7H2,(H,14,15). The number of nitrogens with one attached hydrogen (secondary N) is 1. The van der Waals surface area contributed by atoms with Gasteiger partial charge in [0.05, 0.1) is 9.40 Å². The summed E-state index contributed by atoms with van der Waals surface area (Å²) >= 11 is 3.28. The average molecular weight is 330 g/mol. The fraction of sp³-hybridized carbons (Fsp3) is 0.583. The van der Waals surface area contributed by atoms with Crippen molar-refractivity contribution in [3.05, 3.63) is 27.0 Å². The van der Waals surface area contributed by atoms with E-state index in [-0.39, 0.29) is 12.3 Å². The van der Waals surface area contributed by atoms with Crippen LogP contribution in [0.2, 0.25) is 0 Å². The maximum Gasteiger partial charge on any atom is 0.311 e. The molecule has 2 unspecified atom stereocenters. The van der Waals surface area contributed by atoms with Gasteiger partial charge in [-0.3, -0.25) is 15.1 Å². The van der Waals surface area contributed by atoms with Gasteiger partial charge in [0.1, 0.15) is 11.9 Å². The van der Waals surface area contributed by atoms with Crippen LogP contribution in [0, 0.1) is 22.0 Å². The molecule has 1 fully saturated rings. The first-order valence-electron chi connectivity index (χ1n) is 6.26. The monoisotopic (exact) mass is 329 g/mol. The van der Waals surface area contributed by atoms with E-state index >= 15 is 0 Å². The van der Waals surface area contributed by atoms with Crippen LogP contribution in [0.25, 0.3) is 0 Å². The van der Waals surface area contributed by atoms with Crippen LogP contribution >= 0.6 is 15.9 Å². The van der Waals surface area contributed by atoms with Crippen LogP contribution in [-0.2, 0) is 0 Å². The fourth-order valence-electron chi connectivity index (χ4n) is 2.59. The highest BCUT2D eigenvalue weighted by Crippen LogP contribution is 2.34. The first-order valence-corrected chi connectivity index (χ1v) is 7.05. The minimum absolute atomic E-state index is 0.0343. The van der Waals surface area contributed by atoms with Crippen LogP contribution in [-0.4, -0.2) is 28.2 Å². The number of anilines is 1. The second kappa shape index (κ2) is 6.29. The van der Waals surface area contributed by atoms with Gasteiger partial charge >= 0.3 is 5.69 Å². The zero-order valence-electron chi connectivity index (χ0n) is 10.4. The largest absolute Gasteiger partial charge is 0.396 e. The average Bonchev–Trinajstić information content (AvgIpc) is 2.84. The van der Waals surface area contributed by atoms with Crippen LogP contribution in [0.1, 0.15) is 19.3 Å². The summed E-state index contributed by atoms with van der Waals surface area (Å²) in [6.07, 6.45) is 5.97. The van der Waals surface area contributed by atoms with E-state index in [0.717, 1.165) is 19.3 Å². The third kappa shape index (κ3) is 3.22. The van der Waals surface area contributed by atoms with Crippen molar-refractivity contribution in [3.63, 3.8) is 0 Å². The minimum atomic E-state index is -0.446. The summed E-state index contributed by atoms with van der Waals surface area (Å²) < 4.78 is 0.584. The molecule has 0 radical (unpaired) electrons. The maximum absolute atomic E-state index is 11.0. The second-order valence-electron chi connectivity index (χ2n) is 4.79.